The topological polar surface area (TPSA) is 31.2 Å². The third kappa shape index (κ3) is 9.66. The van der Waals surface area contributed by atoms with Crippen molar-refractivity contribution >= 4 is 5.97 Å². The maximum absolute atomic E-state index is 13.7. The fourth-order valence-corrected chi connectivity index (χ4v) is 3.10. The highest BCUT2D eigenvalue weighted by molar-refractivity contribution is 5.89. The van der Waals surface area contributed by atoms with Crippen molar-refractivity contribution in [3.8, 4) is 0 Å². The van der Waals surface area contributed by atoms with Gasteiger partial charge in [0, 0.05) is 18.9 Å². The molecule has 0 atom stereocenters. The minimum absolute atomic E-state index is 0.0424. The van der Waals surface area contributed by atoms with E-state index in [1.54, 1.807) is 17.7 Å². The largest absolute Gasteiger partial charge is 0.462 e. The number of aryl methyl sites for hydroxylation is 1. The molecule has 25 heavy (non-hydrogen) atoms. The third-order valence-corrected chi connectivity index (χ3v) is 4.60. The summed E-state index contributed by atoms with van der Waals surface area (Å²) >= 11 is 0. The minimum Gasteiger partial charge on any atom is -0.462 e. The molecule has 0 spiro atoms. The first-order valence-electron chi connectivity index (χ1n) is 10.2. The molecule has 0 saturated carbocycles. The Morgan fingerprint density at radius 1 is 0.880 bits per heavy atom. The van der Waals surface area contributed by atoms with E-state index < -0.39 is 11.8 Å². The Morgan fingerprint density at radius 2 is 1.40 bits per heavy atom. The van der Waals surface area contributed by atoms with E-state index in [1.165, 1.54) is 70.4 Å². The van der Waals surface area contributed by atoms with Crippen LogP contribution in [0.15, 0.2) is 12.4 Å². The molecule has 0 saturated heterocycles. The molecule has 0 bridgehead atoms. The molecular weight excluding hydrogens is 317 g/mol. The van der Waals surface area contributed by atoms with Gasteiger partial charge in [0.2, 0.25) is 0 Å². The summed E-state index contributed by atoms with van der Waals surface area (Å²) in [7, 11) is 0. The molecule has 0 aliphatic carbocycles. The molecule has 0 aromatic carbocycles. The van der Waals surface area contributed by atoms with E-state index in [0.29, 0.717) is 0 Å². The third-order valence-electron chi connectivity index (χ3n) is 4.60. The van der Waals surface area contributed by atoms with Gasteiger partial charge in [-0.3, -0.25) is 0 Å². The molecule has 0 amide bonds. The van der Waals surface area contributed by atoms with Gasteiger partial charge in [0.1, 0.15) is 5.56 Å². The summed E-state index contributed by atoms with van der Waals surface area (Å²) in [6, 6.07) is 0. The van der Waals surface area contributed by atoms with Crippen molar-refractivity contribution in [2.24, 2.45) is 0 Å². The van der Waals surface area contributed by atoms with Gasteiger partial charge in [-0.15, -0.1) is 0 Å². The van der Waals surface area contributed by atoms with Gasteiger partial charge in [0.25, 0.3) is 0 Å². The SMILES string of the molecule is CCCCCCCCCCCCCCn1cc(F)c(C(=O)OCC)c1. The Bertz CT molecular complexity index is 470. The van der Waals surface area contributed by atoms with Gasteiger partial charge in [-0.25, -0.2) is 9.18 Å². The maximum atomic E-state index is 13.7. The molecule has 0 radical (unpaired) electrons. The zero-order valence-corrected chi connectivity index (χ0v) is 16.2. The summed E-state index contributed by atoms with van der Waals surface area (Å²) in [4.78, 5) is 11.6. The molecule has 0 aliphatic heterocycles. The molecule has 4 heteroatoms. The van der Waals surface area contributed by atoms with Crippen molar-refractivity contribution in [1.82, 2.24) is 4.57 Å². The predicted octanol–water partition coefficient (Wildman–Crippen LogP) is 6.51. The molecule has 0 fully saturated rings. The van der Waals surface area contributed by atoms with E-state index in [0.717, 1.165) is 19.4 Å². The van der Waals surface area contributed by atoms with Crippen molar-refractivity contribution in [2.45, 2.75) is 97.4 Å². The van der Waals surface area contributed by atoms with Crippen LogP contribution in [-0.2, 0) is 11.3 Å². The molecule has 1 aromatic heterocycles. The summed E-state index contributed by atoms with van der Waals surface area (Å²) in [5, 5.41) is 0. The second-order valence-corrected chi connectivity index (χ2v) is 6.87. The number of aromatic nitrogens is 1. The molecule has 1 heterocycles. The van der Waals surface area contributed by atoms with E-state index in [-0.39, 0.29) is 12.2 Å². The zero-order chi connectivity index (χ0) is 18.3. The molecule has 0 N–H and O–H groups in total. The van der Waals surface area contributed by atoms with Gasteiger partial charge < -0.3 is 9.30 Å². The highest BCUT2D eigenvalue weighted by Crippen LogP contribution is 2.14. The fourth-order valence-electron chi connectivity index (χ4n) is 3.10. The standard InChI is InChI=1S/C21H36FNO2/c1-3-5-6-7-8-9-10-11-12-13-14-15-16-23-17-19(20(22)18-23)21(24)25-4-2/h17-18H,3-16H2,1-2H3. The smallest absolute Gasteiger partial charge is 0.342 e. The summed E-state index contributed by atoms with van der Waals surface area (Å²) in [5.74, 6) is -1.06. The van der Waals surface area contributed by atoms with Gasteiger partial charge in [0.15, 0.2) is 5.82 Å². The zero-order valence-electron chi connectivity index (χ0n) is 16.2. The predicted molar refractivity (Wildman–Crippen MR) is 101 cm³/mol. The number of unbranched alkanes of at least 4 members (excludes halogenated alkanes) is 11. The monoisotopic (exact) mass is 353 g/mol. The summed E-state index contributed by atoms with van der Waals surface area (Å²) in [5.41, 5.74) is 0.0424. The van der Waals surface area contributed by atoms with Crippen LogP contribution in [0.1, 0.15) is 101 Å². The molecule has 1 rings (SSSR count). The van der Waals surface area contributed by atoms with Gasteiger partial charge in [-0.2, -0.15) is 0 Å². The molecular formula is C21H36FNO2. The average Bonchev–Trinajstić information content (AvgIpc) is 2.97. The Hall–Kier alpha value is -1.32. The lowest BCUT2D eigenvalue weighted by molar-refractivity contribution is 0.0521. The highest BCUT2D eigenvalue weighted by atomic mass is 19.1. The van der Waals surface area contributed by atoms with Gasteiger partial charge >= 0.3 is 5.97 Å². The lowest BCUT2D eigenvalue weighted by atomic mass is 10.1. The summed E-state index contributed by atoms with van der Waals surface area (Å²) in [6.45, 7) is 5.00. The molecule has 144 valence electrons. The van der Waals surface area contributed by atoms with Crippen LogP contribution in [0.3, 0.4) is 0 Å². The van der Waals surface area contributed by atoms with Crippen molar-refractivity contribution in [1.29, 1.82) is 0 Å². The van der Waals surface area contributed by atoms with Crippen LogP contribution in [0.5, 0.6) is 0 Å². The maximum Gasteiger partial charge on any atom is 0.342 e. The fraction of sp³-hybridized carbons (Fsp3) is 0.762. The van der Waals surface area contributed by atoms with Crippen LogP contribution >= 0.6 is 0 Å². The van der Waals surface area contributed by atoms with E-state index in [4.69, 9.17) is 4.74 Å². The number of halogens is 1. The lowest BCUT2D eigenvalue weighted by Crippen LogP contribution is -2.05. The quantitative estimate of drug-likeness (QED) is 0.266. The van der Waals surface area contributed by atoms with Gasteiger partial charge in [0.05, 0.1) is 6.61 Å². The van der Waals surface area contributed by atoms with Crippen molar-refractivity contribution in [3.63, 3.8) is 0 Å². The van der Waals surface area contributed by atoms with E-state index in [9.17, 15) is 9.18 Å². The average molecular weight is 354 g/mol. The second kappa shape index (κ2) is 13.9. The second-order valence-electron chi connectivity index (χ2n) is 6.87. The van der Waals surface area contributed by atoms with E-state index >= 15 is 0 Å². The number of hydrogen-bond acceptors (Lipinski definition) is 2. The minimum atomic E-state index is -0.576. The molecule has 0 unspecified atom stereocenters. The number of carbonyl (C=O) groups is 1. The van der Waals surface area contributed by atoms with Crippen molar-refractivity contribution in [3.05, 3.63) is 23.8 Å². The van der Waals surface area contributed by atoms with Crippen LogP contribution in [0.2, 0.25) is 0 Å². The molecule has 3 nitrogen and oxygen atoms in total. The first kappa shape index (κ1) is 21.7. The van der Waals surface area contributed by atoms with Crippen LogP contribution < -0.4 is 0 Å². The van der Waals surface area contributed by atoms with E-state index in [1.807, 2.05) is 0 Å². The number of nitrogens with zero attached hydrogens (tertiary/aromatic N) is 1. The number of esters is 1. The number of carbonyl (C=O) groups excluding carboxylic acids is 1. The molecule has 1 aromatic rings. The number of hydrogen-bond donors (Lipinski definition) is 0. The molecule has 0 aliphatic rings. The van der Waals surface area contributed by atoms with Gasteiger partial charge in [-0.05, 0) is 13.3 Å². The summed E-state index contributed by atoms with van der Waals surface area (Å²) < 4.78 is 20.3. The van der Waals surface area contributed by atoms with E-state index in [2.05, 4.69) is 6.92 Å². The van der Waals surface area contributed by atoms with Crippen LogP contribution in [0.25, 0.3) is 0 Å². The van der Waals surface area contributed by atoms with Crippen molar-refractivity contribution < 1.29 is 13.9 Å². The van der Waals surface area contributed by atoms with Crippen LogP contribution in [-0.4, -0.2) is 17.1 Å². The van der Waals surface area contributed by atoms with Gasteiger partial charge in [-0.1, -0.05) is 77.6 Å². The first-order chi connectivity index (χ1) is 12.2. The Kier molecular flexibility index (Phi) is 12.1. The number of rotatable bonds is 15. The summed E-state index contributed by atoms with van der Waals surface area (Å²) in [6.07, 6.45) is 18.6. The first-order valence-corrected chi connectivity index (χ1v) is 10.2. The van der Waals surface area contributed by atoms with Crippen LogP contribution in [0, 0.1) is 5.82 Å². The Labute approximate surface area is 152 Å². The highest BCUT2D eigenvalue weighted by Gasteiger charge is 2.15. The van der Waals surface area contributed by atoms with Crippen LogP contribution in [0.4, 0.5) is 4.39 Å². The Balaban J connectivity index is 2.01. The Morgan fingerprint density at radius 3 is 1.92 bits per heavy atom. The van der Waals surface area contributed by atoms with Crippen molar-refractivity contribution in [2.75, 3.05) is 6.61 Å². The number of ether oxygens (including phenoxy) is 1. The lowest BCUT2D eigenvalue weighted by Gasteiger charge is -2.04. The normalized spacial score (nSPS) is 11.0.